The monoisotopic (exact) mass is 266 g/mol. The second-order valence-electron chi connectivity index (χ2n) is 3.40. The molecule has 1 aromatic rings. The van der Waals surface area contributed by atoms with E-state index in [0.717, 1.165) is 5.57 Å². The second kappa shape index (κ2) is 6.43. The molecule has 0 aliphatic heterocycles. The topological polar surface area (TPSA) is 17.1 Å². The number of allylic oxidation sites excluding steroid dienone is 5. The third-order valence-electron chi connectivity index (χ3n) is 2.03. The van der Waals surface area contributed by atoms with Gasteiger partial charge in [-0.25, -0.2) is 0 Å². The van der Waals surface area contributed by atoms with Crippen molar-refractivity contribution in [2.24, 2.45) is 0 Å². The Kier molecular flexibility index (Phi) is 5.20. The number of rotatable bonds is 4. The molecule has 0 N–H and O–H groups in total. The van der Waals surface area contributed by atoms with E-state index >= 15 is 0 Å². The molecule has 1 aromatic carbocycles. The molecule has 0 amide bonds. The quantitative estimate of drug-likeness (QED) is 0.432. The van der Waals surface area contributed by atoms with E-state index in [9.17, 15) is 4.79 Å². The van der Waals surface area contributed by atoms with Crippen molar-refractivity contribution in [2.45, 2.75) is 6.92 Å². The lowest BCUT2D eigenvalue weighted by molar-refractivity contribution is 0.104. The first-order valence-electron chi connectivity index (χ1n) is 5.03. The van der Waals surface area contributed by atoms with E-state index in [1.54, 1.807) is 24.3 Å². The van der Waals surface area contributed by atoms with Gasteiger partial charge in [0.1, 0.15) is 0 Å². The van der Waals surface area contributed by atoms with Crippen LogP contribution in [0.5, 0.6) is 0 Å². The van der Waals surface area contributed by atoms with Gasteiger partial charge in [-0.05, 0) is 36.8 Å². The molecule has 1 rings (SSSR count). The Bertz CT molecular complexity index is 499. The Morgan fingerprint density at radius 1 is 1.24 bits per heavy atom. The first-order chi connectivity index (χ1) is 8.04. The maximum atomic E-state index is 11.8. The molecule has 0 atom stereocenters. The van der Waals surface area contributed by atoms with Gasteiger partial charge in [0, 0.05) is 10.6 Å². The Labute approximate surface area is 111 Å². The van der Waals surface area contributed by atoms with Gasteiger partial charge >= 0.3 is 0 Å². The van der Waals surface area contributed by atoms with E-state index in [-0.39, 0.29) is 5.78 Å². The fourth-order valence-corrected chi connectivity index (χ4v) is 1.73. The summed E-state index contributed by atoms with van der Waals surface area (Å²) in [5.41, 5.74) is 1.19. The van der Waals surface area contributed by atoms with Crippen molar-refractivity contribution in [1.29, 1.82) is 0 Å². The summed E-state index contributed by atoms with van der Waals surface area (Å²) in [6.45, 7) is 5.65. The van der Waals surface area contributed by atoms with Crippen molar-refractivity contribution in [3.05, 3.63) is 70.3 Å². The zero-order valence-corrected chi connectivity index (χ0v) is 10.9. The summed E-state index contributed by atoms with van der Waals surface area (Å²) < 4.78 is 0. The molecule has 88 valence electrons. The third-order valence-corrected chi connectivity index (χ3v) is 2.57. The SMILES string of the molecule is C=C(/C=C\C)/C=C/C(=O)c1ccc(Cl)cc1Cl. The molecule has 17 heavy (non-hydrogen) atoms. The molecule has 0 bridgehead atoms. The van der Waals surface area contributed by atoms with Crippen LogP contribution in [-0.2, 0) is 0 Å². The molecule has 0 fully saturated rings. The lowest BCUT2D eigenvalue weighted by Crippen LogP contribution is -1.95. The van der Waals surface area contributed by atoms with Crippen LogP contribution in [-0.4, -0.2) is 5.78 Å². The molecular formula is C14H12Cl2O. The highest BCUT2D eigenvalue weighted by Gasteiger charge is 2.07. The highest BCUT2D eigenvalue weighted by atomic mass is 35.5. The van der Waals surface area contributed by atoms with Crippen LogP contribution in [0.4, 0.5) is 0 Å². The van der Waals surface area contributed by atoms with Crippen molar-refractivity contribution in [3.8, 4) is 0 Å². The van der Waals surface area contributed by atoms with E-state index < -0.39 is 0 Å². The van der Waals surface area contributed by atoms with Crippen LogP contribution in [0.25, 0.3) is 0 Å². The lowest BCUT2D eigenvalue weighted by atomic mass is 10.1. The first-order valence-corrected chi connectivity index (χ1v) is 5.79. The minimum Gasteiger partial charge on any atom is -0.289 e. The van der Waals surface area contributed by atoms with Gasteiger partial charge < -0.3 is 0 Å². The van der Waals surface area contributed by atoms with Crippen molar-refractivity contribution in [2.75, 3.05) is 0 Å². The van der Waals surface area contributed by atoms with Crippen LogP contribution in [0.1, 0.15) is 17.3 Å². The third kappa shape index (κ3) is 4.22. The molecule has 0 heterocycles. The number of ketones is 1. The number of halogens is 2. The molecule has 0 aromatic heterocycles. The molecule has 1 nitrogen and oxygen atoms in total. The number of carbonyl (C=O) groups excluding carboxylic acids is 1. The van der Waals surface area contributed by atoms with Gasteiger partial charge in [0.25, 0.3) is 0 Å². The molecule has 0 unspecified atom stereocenters. The van der Waals surface area contributed by atoms with Crippen molar-refractivity contribution >= 4 is 29.0 Å². The Hall–Kier alpha value is -1.31. The normalized spacial score (nSPS) is 11.2. The van der Waals surface area contributed by atoms with E-state index in [2.05, 4.69) is 6.58 Å². The molecule has 3 heteroatoms. The summed E-state index contributed by atoms with van der Waals surface area (Å²) in [5, 5.41) is 0.859. The predicted octanol–water partition coefficient (Wildman–Crippen LogP) is 4.86. The van der Waals surface area contributed by atoms with Gasteiger partial charge in [0.15, 0.2) is 5.78 Å². The fourth-order valence-electron chi connectivity index (χ4n) is 1.23. The smallest absolute Gasteiger partial charge is 0.187 e. The van der Waals surface area contributed by atoms with Gasteiger partial charge in [0.2, 0.25) is 0 Å². The number of carbonyl (C=O) groups is 1. The fraction of sp³-hybridized carbons (Fsp3) is 0.0714. The van der Waals surface area contributed by atoms with E-state index in [4.69, 9.17) is 23.2 Å². The minimum atomic E-state index is -0.169. The van der Waals surface area contributed by atoms with Crippen LogP contribution >= 0.6 is 23.2 Å². The maximum absolute atomic E-state index is 11.8. The van der Waals surface area contributed by atoms with Crippen molar-refractivity contribution < 1.29 is 4.79 Å². The van der Waals surface area contributed by atoms with Crippen LogP contribution in [0.2, 0.25) is 10.0 Å². The van der Waals surface area contributed by atoms with Crippen molar-refractivity contribution in [1.82, 2.24) is 0 Å². The van der Waals surface area contributed by atoms with Crippen LogP contribution in [0.3, 0.4) is 0 Å². The standard InChI is InChI=1S/C14H12Cl2O/c1-3-4-10(2)5-8-14(17)12-7-6-11(15)9-13(12)16/h3-9H,2H2,1H3/b4-3-,8-5+. The number of benzene rings is 1. The summed E-state index contributed by atoms with van der Waals surface area (Å²) in [7, 11) is 0. The number of hydrogen-bond donors (Lipinski definition) is 0. The lowest BCUT2D eigenvalue weighted by Gasteiger charge is -2.00. The average molecular weight is 267 g/mol. The Balaban J connectivity index is 2.87. The molecular weight excluding hydrogens is 255 g/mol. The van der Waals surface area contributed by atoms with E-state index in [1.807, 2.05) is 19.1 Å². The zero-order chi connectivity index (χ0) is 12.8. The second-order valence-corrected chi connectivity index (χ2v) is 4.24. The van der Waals surface area contributed by atoms with Crippen LogP contribution in [0, 0.1) is 0 Å². The summed E-state index contributed by atoms with van der Waals surface area (Å²) in [4.78, 5) is 11.8. The maximum Gasteiger partial charge on any atom is 0.187 e. The van der Waals surface area contributed by atoms with E-state index in [1.165, 1.54) is 6.08 Å². The summed E-state index contributed by atoms with van der Waals surface area (Å²) in [5.74, 6) is -0.169. The van der Waals surface area contributed by atoms with Crippen LogP contribution < -0.4 is 0 Å². The van der Waals surface area contributed by atoms with Gasteiger partial charge in [-0.15, -0.1) is 0 Å². The molecule has 0 saturated heterocycles. The highest BCUT2D eigenvalue weighted by Crippen LogP contribution is 2.21. The summed E-state index contributed by atoms with van der Waals surface area (Å²) in [6, 6.07) is 4.79. The van der Waals surface area contributed by atoms with Crippen LogP contribution in [0.15, 0.2) is 54.7 Å². The molecule has 0 aliphatic rings. The Morgan fingerprint density at radius 2 is 1.94 bits per heavy atom. The van der Waals surface area contributed by atoms with Gasteiger partial charge in [-0.2, -0.15) is 0 Å². The largest absolute Gasteiger partial charge is 0.289 e. The first kappa shape index (κ1) is 13.8. The molecule has 0 saturated carbocycles. The zero-order valence-electron chi connectivity index (χ0n) is 9.41. The number of hydrogen-bond acceptors (Lipinski definition) is 1. The predicted molar refractivity (Wildman–Crippen MR) is 73.9 cm³/mol. The average Bonchev–Trinajstić information content (AvgIpc) is 2.26. The Morgan fingerprint density at radius 3 is 2.53 bits per heavy atom. The molecule has 0 spiro atoms. The van der Waals surface area contributed by atoms with Gasteiger partial charge in [0.05, 0.1) is 5.02 Å². The van der Waals surface area contributed by atoms with Gasteiger partial charge in [-0.3, -0.25) is 4.79 Å². The summed E-state index contributed by atoms with van der Waals surface area (Å²) in [6.07, 6.45) is 6.75. The van der Waals surface area contributed by atoms with Crippen molar-refractivity contribution in [3.63, 3.8) is 0 Å². The molecule has 0 radical (unpaired) electrons. The minimum absolute atomic E-state index is 0.169. The van der Waals surface area contributed by atoms with E-state index in [0.29, 0.717) is 15.6 Å². The molecule has 0 aliphatic carbocycles. The van der Waals surface area contributed by atoms with Gasteiger partial charge in [-0.1, -0.05) is 48.0 Å². The summed E-state index contributed by atoms with van der Waals surface area (Å²) >= 11 is 11.7. The highest BCUT2D eigenvalue weighted by molar-refractivity contribution is 6.37.